The molecule has 1 aliphatic heterocycles. The number of hydrogen-bond acceptors (Lipinski definition) is 5. The van der Waals surface area contributed by atoms with Gasteiger partial charge >= 0.3 is 0 Å². The molecule has 1 atom stereocenters. The highest BCUT2D eigenvalue weighted by atomic mass is 16.5. The van der Waals surface area contributed by atoms with Crippen LogP contribution in [0.25, 0.3) is 0 Å². The van der Waals surface area contributed by atoms with Crippen molar-refractivity contribution in [2.75, 3.05) is 6.61 Å². The van der Waals surface area contributed by atoms with Crippen LogP contribution in [0.15, 0.2) is 64.8 Å². The topological polar surface area (TPSA) is 57.4 Å². The highest BCUT2D eigenvalue weighted by Gasteiger charge is 2.29. The van der Waals surface area contributed by atoms with Gasteiger partial charge in [-0.25, -0.2) is 5.06 Å². The lowest BCUT2D eigenvalue weighted by atomic mass is 9.95. The summed E-state index contributed by atoms with van der Waals surface area (Å²) in [5.74, 6) is 0.730. The van der Waals surface area contributed by atoms with Crippen LogP contribution in [-0.4, -0.2) is 28.9 Å². The summed E-state index contributed by atoms with van der Waals surface area (Å²) < 4.78 is 5.69. The van der Waals surface area contributed by atoms with Crippen LogP contribution in [0.1, 0.15) is 24.1 Å². The second-order valence-electron chi connectivity index (χ2n) is 4.84. The van der Waals surface area contributed by atoms with Gasteiger partial charge in [0.05, 0.1) is 6.61 Å². The summed E-state index contributed by atoms with van der Waals surface area (Å²) in [5, 5.41) is 19.5. The molecule has 22 heavy (non-hydrogen) atoms. The third-order valence-corrected chi connectivity index (χ3v) is 3.44. The molecule has 5 nitrogen and oxygen atoms in total. The fraction of sp³-hybridized carbons (Fsp3) is 0.176. The quantitative estimate of drug-likeness (QED) is 0.942. The lowest BCUT2D eigenvalue weighted by Gasteiger charge is -2.29. The summed E-state index contributed by atoms with van der Waals surface area (Å²) >= 11 is 0. The molecule has 5 heteroatoms. The average molecular weight is 295 g/mol. The molecular formula is C17H17N3O2. The number of rotatable bonds is 4. The van der Waals surface area contributed by atoms with E-state index < -0.39 is 6.04 Å². The molecule has 0 fully saturated rings. The molecule has 0 saturated heterocycles. The van der Waals surface area contributed by atoms with E-state index in [1.165, 1.54) is 6.34 Å². The van der Waals surface area contributed by atoms with Crippen LogP contribution in [0.4, 0.5) is 0 Å². The Kier molecular flexibility index (Phi) is 4.16. The van der Waals surface area contributed by atoms with E-state index >= 15 is 0 Å². The van der Waals surface area contributed by atoms with E-state index in [1.807, 2.05) is 61.5 Å². The van der Waals surface area contributed by atoms with E-state index in [1.54, 1.807) is 0 Å². The SMILES string of the molecule is CCOc1ccccc1C1C(c2ccccc2)=NN=CN1O. The summed E-state index contributed by atoms with van der Waals surface area (Å²) in [6, 6.07) is 16.9. The normalized spacial score (nSPS) is 17.3. The number of ether oxygens (including phenoxy) is 1. The zero-order valence-electron chi connectivity index (χ0n) is 12.3. The van der Waals surface area contributed by atoms with Gasteiger partial charge in [-0.1, -0.05) is 48.5 Å². The number of nitrogens with zero attached hydrogens (tertiary/aromatic N) is 3. The van der Waals surface area contributed by atoms with Crippen molar-refractivity contribution in [1.82, 2.24) is 5.06 Å². The summed E-state index contributed by atoms with van der Waals surface area (Å²) in [4.78, 5) is 0. The van der Waals surface area contributed by atoms with Crippen LogP contribution in [0.3, 0.4) is 0 Å². The molecule has 0 bridgehead atoms. The zero-order chi connectivity index (χ0) is 15.4. The Morgan fingerprint density at radius 1 is 1.09 bits per heavy atom. The number of hydrogen-bond donors (Lipinski definition) is 1. The lowest BCUT2D eigenvalue weighted by Crippen LogP contribution is -2.33. The molecule has 0 amide bonds. The molecule has 1 aliphatic rings. The van der Waals surface area contributed by atoms with Gasteiger partial charge in [0.2, 0.25) is 0 Å². The average Bonchev–Trinajstić information content (AvgIpc) is 2.57. The van der Waals surface area contributed by atoms with E-state index in [2.05, 4.69) is 10.2 Å². The minimum Gasteiger partial charge on any atom is -0.494 e. The van der Waals surface area contributed by atoms with Gasteiger partial charge in [0.25, 0.3) is 0 Å². The molecule has 2 aromatic carbocycles. The Morgan fingerprint density at radius 3 is 2.59 bits per heavy atom. The van der Waals surface area contributed by atoms with Crippen LogP contribution >= 0.6 is 0 Å². The molecule has 1 heterocycles. The highest BCUT2D eigenvalue weighted by Crippen LogP contribution is 2.32. The van der Waals surface area contributed by atoms with Crippen molar-refractivity contribution in [3.8, 4) is 5.75 Å². The number of benzene rings is 2. The van der Waals surface area contributed by atoms with Crippen molar-refractivity contribution in [3.05, 3.63) is 65.7 Å². The second kappa shape index (κ2) is 6.41. The summed E-state index contributed by atoms with van der Waals surface area (Å²) in [5.41, 5.74) is 2.44. The Bertz CT molecular complexity index is 698. The summed E-state index contributed by atoms with van der Waals surface area (Å²) in [6.45, 7) is 2.49. The van der Waals surface area contributed by atoms with E-state index in [0.29, 0.717) is 12.3 Å². The Labute approximate surface area is 129 Å². The fourth-order valence-corrected chi connectivity index (χ4v) is 2.50. The molecule has 2 aromatic rings. The predicted molar refractivity (Wildman–Crippen MR) is 85.4 cm³/mol. The monoisotopic (exact) mass is 295 g/mol. The third-order valence-electron chi connectivity index (χ3n) is 3.44. The van der Waals surface area contributed by atoms with Crippen molar-refractivity contribution in [1.29, 1.82) is 0 Å². The van der Waals surface area contributed by atoms with Crippen LogP contribution in [0, 0.1) is 0 Å². The first kappa shape index (κ1) is 14.3. The Morgan fingerprint density at radius 2 is 1.82 bits per heavy atom. The summed E-state index contributed by atoms with van der Waals surface area (Å²) in [6.07, 6.45) is 1.31. The minimum absolute atomic E-state index is 0.456. The van der Waals surface area contributed by atoms with Gasteiger partial charge < -0.3 is 4.74 Å². The second-order valence-corrected chi connectivity index (χ2v) is 4.84. The van der Waals surface area contributed by atoms with Crippen molar-refractivity contribution < 1.29 is 9.94 Å². The molecule has 0 aromatic heterocycles. The number of para-hydroxylation sites is 1. The first-order valence-corrected chi connectivity index (χ1v) is 7.16. The minimum atomic E-state index is -0.456. The lowest BCUT2D eigenvalue weighted by molar-refractivity contribution is -0.0296. The van der Waals surface area contributed by atoms with Crippen molar-refractivity contribution in [2.45, 2.75) is 13.0 Å². The number of hydroxylamine groups is 2. The van der Waals surface area contributed by atoms with Gasteiger partial charge in [0, 0.05) is 11.1 Å². The third kappa shape index (κ3) is 2.71. The van der Waals surface area contributed by atoms with E-state index in [0.717, 1.165) is 21.9 Å². The van der Waals surface area contributed by atoms with Crippen LogP contribution in [0.2, 0.25) is 0 Å². The Hall–Kier alpha value is -2.66. The van der Waals surface area contributed by atoms with Gasteiger partial charge in [-0.15, -0.1) is 5.10 Å². The van der Waals surface area contributed by atoms with Gasteiger partial charge in [-0.3, -0.25) is 5.21 Å². The maximum Gasteiger partial charge on any atom is 0.139 e. The first-order chi connectivity index (χ1) is 10.8. The highest BCUT2D eigenvalue weighted by molar-refractivity contribution is 6.06. The van der Waals surface area contributed by atoms with Gasteiger partial charge in [0.1, 0.15) is 23.8 Å². The van der Waals surface area contributed by atoms with Gasteiger partial charge in [-0.2, -0.15) is 5.10 Å². The van der Waals surface area contributed by atoms with Gasteiger partial charge in [-0.05, 0) is 13.0 Å². The largest absolute Gasteiger partial charge is 0.494 e. The molecular weight excluding hydrogens is 278 g/mol. The molecule has 1 unspecified atom stereocenters. The van der Waals surface area contributed by atoms with Crippen molar-refractivity contribution in [2.24, 2.45) is 10.2 Å². The maximum absolute atomic E-state index is 10.3. The smallest absolute Gasteiger partial charge is 0.139 e. The molecule has 0 aliphatic carbocycles. The molecule has 112 valence electrons. The Balaban J connectivity index is 2.07. The molecule has 1 N–H and O–H groups in total. The van der Waals surface area contributed by atoms with Gasteiger partial charge in [0.15, 0.2) is 0 Å². The zero-order valence-corrected chi connectivity index (χ0v) is 12.3. The molecule has 3 rings (SSSR count). The van der Waals surface area contributed by atoms with Crippen LogP contribution in [0.5, 0.6) is 5.75 Å². The summed E-state index contributed by atoms with van der Waals surface area (Å²) in [7, 11) is 0. The first-order valence-electron chi connectivity index (χ1n) is 7.16. The standard InChI is InChI=1S/C17H17N3O2/c1-2-22-15-11-7-6-10-14(15)17-16(19-18-12-20(17)21)13-8-4-3-5-9-13/h3-12,17,21H,2H2,1H3. The maximum atomic E-state index is 10.3. The predicted octanol–water partition coefficient (Wildman–Crippen LogP) is 3.26. The molecule has 0 saturated carbocycles. The molecule has 0 spiro atoms. The van der Waals surface area contributed by atoms with Crippen molar-refractivity contribution >= 4 is 12.1 Å². The van der Waals surface area contributed by atoms with Crippen LogP contribution < -0.4 is 4.74 Å². The fourth-order valence-electron chi connectivity index (χ4n) is 2.50. The van der Waals surface area contributed by atoms with Crippen molar-refractivity contribution in [3.63, 3.8) is 0 Å². The molecule has 0 radical (unpaired) electrons. The van der Waals surface area contributed by atoms with E-state index in [-0.39, 0.29) is 0 Å². The van der Waals surface area contributed by atoms with Crippen LogP contribution in [-0.2, 0) is 0 Å². The van der Waals surface area contributed by atoms with E-state index in [4.69, 9.17) is 4.74 Å². The van der Waals surface area contributed by atoms with E-state index in [9.17, 15) is 5.21 Å².